The Morgan fingerprint density at radius 3 is 2.79 bits per heavy atom. The summed E-state index contributed by atoms with van der Waals surface area (Å²) in [7, 11) is 0. The number of benzene rings is 2. The Morgan fingerprint density at radius 1 is 1.10 bits per heavy atom. The Kier molecular flexibility index (Phi) is 3.96. The molecule has 0 amide bonds. The number of aromatic nitrogens is 5. The van der Waals surface area contributed by atoms with E-state index in [0.717, 1.165) is 22.2 Å². The zero-order valence-corrected chi connectivity index (χ0v) is 15.7. The number of hydrogen-bond acceptors (Lipinski definition) is 5. The van der Waals surface area contributed by atoms with Crippen LogP contribution in [0.25, 0.3) is 22.5 Å². The zero-order valence-electron chi connectivity index (χ0n) is 15.7. The SMILES string of the molecule is Cc1cc2c(C#N)cccc2n1-c1nc(NCc2ccccc2)c2nccn2n1. The molecule has 140 valence electrons. The van der Waals surface area contributed by atoms with E-state index in [2.05, 4.69) is 33.6 Å². The molecule has 0 aliphatic carbocycles. The molecule has 1 N–H and O–H groups in total. The van der Waals surface area contributed by atoms with Gasteiger partial charge in [0.1, 0.15) is 0 Å². The average molecular weight is 379 g/mol. The smallest absolute Gasteiger partial charge is 0.254 e. The van der Waals surface area contributed by atoms with E-state index in [1.165, 1.54) is 0 Å². The van der Waals surface area contributed by atoms with Crippen LogP contribution in [0.1, 0.15) is 16.8 Å². The van der Waals surface area contributed by atoms with Crippen LogP contribution in [0, 0.1) is 18.3 Å². The monoisotopic (exact) mass is 379 g/mol. The van der Waals surface area contributed by atoms with Crippen LogP contribution in [0.2, 0.25) is 0 Å². The molecule has 2 aromatic carbocycles. The molecule has 7 nitrogen and oxygen atoms in total. The van der Waals surface area contributed by atoms with Gasteiger partial charge in [0, 0.05) is 30.0 Å². The van der Waals surface area contributed by atoms with Gasteiger partial charge in [-0.2, -0.15) is 10.2 Å². The highest BCUT2D eigenvalue weighted by Crippen LogP contribution is 2.26. The van der Waals surface area contributed by atoms with E-state index in [4.69, 9.17) is 4.98 Å². The quantitative estimate of drug-likeness (QED) is 0.513. The molecule has 0 saturated carbocycles. The molecule has 0 aliphatic rings. The molecule has 0 aliphatic heterocycles. The van der Waals surface area contributed by atoms with Crippen molar-refractivity contribution in [3.05, 3.63) is 83.8 Å². The summed E-state index contributed by atoms with van der Waals surface area (Å²) >= 11 is 0. The molecule has 0 atom stereocenters. The van der Waals surface area contributed by atoms with Gasteiger partial charge in [0.05, 0.1) is 17.1 Å². The summed E-state index contributed by atoms with van der Waals surface area (Å²) in [5.41, 5.74) is 4.30. The fourth-order valence-corrected chi connectivity index (χ4v) is 3.54. The predicted octanol–water partition coefficient (Wildman–Crippen LogP) is 3.86. The van der Waals surface area contributed by atoms with Gasteiger partial charge in [-0.15, -0.1) is 5.10 Å². The molecule has 7 heteroatoms. The van der Waals surface area contributed by atoms with Crippen molar-refractivity contribution in [3.63, 3.8) is 0 Å². The average Bonchev–Trinajstić information content (AvgIpc) is 3.35. The van der Waals surface area contributed by atoms with Crippen LogP contribution in [0.4, 0.5) is 5.82 Å². The van der Waals surface area contributed by atoms with Gasteiger partial charge < -0.3 is 5.32 Å². The van der Waals surface area contributed by atoms with Crippen molar-refractivity contribution >= 4 is 22.4 Å². The van der Waals surface area contributed by atoms with Gasteiger partial charge in [-0.25, -0.2) is 9.50 Å². The minimum Gasteiger partial charge on any atom is -0.363 e. The van der Waals surface area contributed by atoms with E-state index >= 15 is 0 Å². The second kappa shape index (κ2) is 6.77. The largest absolute Gasteiger partial charge is 0.363 e. The number of hydrogen-bond donors (Lipinski definition) is 1. The lowest BCUT2D eigenvalue weighted by Gasteiger charge is -2.11. The van der Waals surface area contributed by atoms with E-state index in [9.17, 15) is 5.26 Å². The van der Waals surface area contributed by atoms with Crippen molar-refractivity contribution in [3.8, 4) is 12.0 Å². The third kappa shape index (κ3) is 2.87. The van der Waals surface area contributed by atoms with Gasteiger partial charge in [0.25, 0.3) is 5.95 Å². The van der Waals surface area contributed by atoms with Crippen LogP contribution in [-0.4, -0.2) is 24.1 Å². The summed E-state index contributed by atoms with van der Waals surface area (Å²) in [5, 5.41) is 18.3. The van der Waals surface area contributed by atoms with Crippen LogP contribution in [-0.2, 0) is 6.54 Å². The highest BCUT2D eigenvalue weighted by Gasteiger charge is 2.16. The first-order valence-corrected chi connectivity index (χ1v) is 9.25. The van der Waals surface area contributed by atoms with E-state index in [-0.39, 0.29) is 0 Å². The molecule has 0 bridgehead atoms. The van der Waals surface area contributed by atoms with Crippen molar-refractivity contribution in [2.75, 3.05) is 5.32 Å². The van der Waals surface area contributed by atoms with Gasteiger partial charge in [-0.05, 0) is 30.7 Å². The van der Waals surface area contributed by atoms with Crippen molar-refractivity contribution < 1.29 is 0 Å². The van der Waals surface area contributed by atoms with Gasteiger partial charge >= 0.3 is 0 Å². The van der Waals surface area contributed by atoms with Crippen LogP contribution in [0.3, 0.4) is 0 Å². The first-order valence-electron chi connectivity index (χ1n) is 9.25. The zero-order chi connectivity index (χ0) is 19.8. The Labute approximate surface area is 166 Å². The van der Waals surface area contributed by atoms with Crippen molar-refractivity contribution in [2.24, 2.45) is 0 Å². The minimum absolute atomic E-state index is 0.522. The molecule has 0 fully saturated rings. The van der Waals surface area contributed by atoms with E-state index in [1.54, 1.807) is 16.9 Å². The Morgan fingerprint density at radius 2 is 1.97 bits per heavy atom. The maximum Gasteiger partial charge on any atom is 0.254 e. The Hall–Kier alpha value is -4.18. The highest BCUT2D eigenvalue weighted by molar-refractivity contribution is 5.88. The molecule has 0 spiro atoms. The summed E-state index contributed by atoms with van der Waals surface area (Å²) in [6.07, 6.45) is 3.51. The standard InChI is InChI=1S/C22H17N7/c1-15-12-18-17(13-23)8-5-9-19(18)29(15)22-26-20(21-24-10-11-28(21)27-22)25-14-16-6-3-2-4-7-16/h2-12H,14H2,1H3,(H,25,26,27). The molecule has 0 unspecified atom stereocenters. The molecular formula is C22H17N7. The summed E-state index contributed by atoms with van der Waals surface area (Å²) in [6, 6.07) is 20.1. The van der Waals surface area contributed by atoms with E-state index in [0.29, 0.717) is 29.5 Å². The summed E-state index contributed by atoms with van der Waals surface area (Å²) in [5.74, 6) is 1.18. The van der Waals surface area contributed by atoms with Crippen molar-refractivity contribution in [2.45, 2.75) is 13.5 Å². The normalized spacial score (nSPS) is 11.0. The lowest BCUT2D eigenvalue weighted by atomic mass is 10.1. The number of fused-ring (bicyclic) bond motifs is 2. The first kappa shape index (κ1) is 17.0. The summed E-state index contributed by atoms with van der Waals surface area (Å²) in [4.78, 5) is 9.16. The van der Waals surface area contributed by atoms with E-state index < -0.39 is 0 Å². The predicted molar refractivity (Wildman–Crippen MR) is 111 cm³/mol. The van der Waals surface area contributed by atoms with Crippen LogP contribution < -0.4 is 5.32 Å². The molecule has 5 aromatic rings. The molecule has 29 heavy (non-hydrogen) atoms. The lowest BCUT2D eigenvalue weighted by molar-refractivity contribution is 0.820. The van der Waals surface area contributed by atoms with Gasteiger partial charge in [0.2, 0.25) is 0 Å². The fourth-order valence-electron chi connectivity index (χ4n) is 3.54. The molecule has 0 radical (unpaired) electrons. The van der Waals surface area contributed by atoms with Gasteiger partial charge in [0.15, 0.2) is 11.5 Å². The minimum atomic E-state index is 0.522. The number of imidazole rings is 1. The number of nitriles is 1. The van der Waals surface area contributed by atoms with Crippen LogP contribution >= 0.6 is 0 Å². The third-order valence-electron chi connectivity index (χ3n) is 4.90. The maximum atomic E-state index is 9.43. The molecule has 5 rings (SSSR count). The topological polar surface area (TPSA) is 83.8 Å². The van der Waals surface area contributed by atoms with Crippen LogP contribution in [0.15, 0.2) is 67.0 Å². The number of aryl methyl sites for hydroxylation is 1. The molecule has 0 saturated heterocycles. The van der Waals surface area contributed by atoms with Crippen LogP contribution in [0.5, 0.6) is 0 Å². The number of nitrogens with one attached hydrogen (secondary N) is 1. The number of rotatable bonds is 4. The Bertz CT molecular complexity index is 1370. The van der Waals surface area contributed by atoms with Crippen molar-refractivity contribution in [1.82, 2.24) is 24.1 Å². The van der Waals surface area contributed by atoms with E-state index in [1.807, 2.05) is 54.0 Å². The van der Waals surface area contributed by atoms with Gasteiger partial charge in [-0.1, -0.05) is 36.4 Å². The number of anilines is 1. The molecule has 3 heterocycles. The second-order valence-corrected chi connectivity index (χ2v) is 6.77. The summed E-state index contributed by atoms with van der Waals surface area (Å²) in [6.45, 7) is 2.61. The van der Waals surface area contributed by atoms with Crippen molar-refractivity contribution in [1.29, 1.82) is 5.26 Å². The van der Waals surface area contributed by atoms with Gasteiger partial charge in [-0.3, -0.25) is 4.57 Å². The fraction of sp³-hybridized carbons (Fsp3) is 0.0909. The first-order chi connectivity index (χ1) is 14.2. The maximum absolute atomic E-state index is 9.43. The number of nitrogens with zero attached hydrogens (tertiary/aromatic N) is 6. The summed E-state index contributed by atoms with van der Waals surface area (Å²) < 4.78 is 3.68. The molecule has 3 aromatic heterocycles. The molecular weight excluding hydrogens is 362 g/mol. The highest BCUT2D eigenvalue weighted by atomic mass is 15.4. The third-order valence-corrected chi connectivity index (χ3v) is 4.90. The second-order valence-electron chi connectivity index (χ2n) is 6.77. The Balaban J connectivity index is 1.64. The lowest BCUT2D eigenvalue weighted by Crippen LogP contribution is -2.11.